The van der Waals surface area contributed by atoms with Crippen LogP contribution in [0.25, 0.3) is 0 Å². The molecule has 1 aromatic carbocycles. The van der Waals surface area contributed by atoms with Crippen LogP contribution in [-0.2, 0) is 6.18 Å². The zero-order valence-corrected chi connectivity index (χ0v) is 12.3. The minimum absolute atomic E-state index is 0.135. The van der Waals surface area contributed by atoms with Gasteiger partial charge in [0.25, 0.3) is 5.91 Å². The Labute approximate surface area is 125 Å². The van der Waals surface area contributed by atoms with E-state index in [2.05, 4.69) is 0 Å². The molecule has 0 aromatic heterocycles. The number of halogens is 5. The summed E-state index contributed by atoms with van der Waals surface area (Å²) < 4.78 is 51.9. The first-order valence-corrected chi connectivity index (χ1v) is 7.07. The van der Waals surface area contributed by atoms with Gasteiger partial charge in [-0.2, -0.15) is 13.2 Å². The van der Waals surface area contributed by atoms with Crippen molar-refractivity contribution in [3.8, 4) is 0 Å². The maximum Gasteiger partial charge on any atom is 0.419 e. The van der Waals surface area contributed by atoms with E-state index in [1.807, 2.05) is 6.92 Å². The number of alkyl halides is 4. The highest BCUT2D eigenvalue weighted by Gasteiger charge is 2.36. The van der Waals surface area contributed by atoms with E-state index in [4.69, 9.17) is 11.6 Å². The van der Waals surface area contributed by atoms with Crippen LogP contribution >= 0.6 is 11.6 Å². The van der Waals surface area contributed by atoms with Gasteiger partial charge in [0, 0.05) is 19.0 Å². The van der Waals surface area contributed by atoms with Gasteiger partial charge in [0.15, 0.2) is 0 Å². The Hall–Kier alpha value is -1.30. The van der Waals surface area contributed by atoms with Crippen LogP contribution in [0, 0.1) is 5.82 Å². The van der Waals surface area contributed by atoms with Gasteiger partial charge in [-0.1, -0.05) is 19.4 Å². The van der Waals surface area contributed by atoms with E-state index in [1.165, 1.54) is 4.90 Å². The molecule has 0 aliphatic carbocycles. The van der Waals surface area contributed by atoms with Crippen molar-refractivity contribution >= 4 is 17.5 Å². The quantitative estimate of drug-likeness (QED) is 0.563. The van der Waals surface area contributed by atoms with E-state index < -0.39 is 29.0 Å². The van der Waals surface area contributed by atoms with Crippen molar-refractivity contribution in [2.24, 2.45) is 0 Å². The lowest BCUT2D eigenvalue weighted by atomic mass is 10.1. The van der Waals surface area contributed by atoms with Crippen LogP contribution in [-0.4, -0.2) is 29.8 Å². The highest BCUT2D eigenvalue weighted by molar-refractivity contribution is 6.18. The first-order chi connectivity index (χ1) is 9.82. The molecule has 0 bridgehead atoms. The van der Waals surface area contributed by atoms with E-state index in [-0.39, 0.29) is 12.4 Å². The molecule has 0 aliphatic heterocycles. The molecule has 1 aromatic rings. The third-order valence-electron chi connectivity index (χ3n) is 2.96. The average molecular weight is 326 g/mol. The third-order valence-corrected chi connectivity index (χ3v) is 3.13. The summed E-state index contributed by atoms with van der Waals surface area (Å²) in [6.07, 6.45) is -3.36. The fourth-order valence-corrected chi connectivity index (χ4v) is 2.06. The molecule has 0 spiro atoms. The van der Waals surface area contributed by atoms with Crippen LogP contribution in [0.3, 0.4) is 0 Å². The predicted molar refractivity (Wildman–Crippen MR) is 72.9 cm³/mol. The molecule has 0 aliphatic rings. The first-order valence-electron chi connectivity index (χ1n) is 6.53. The van der Waals surface area contributed by atoms with Crippen molar-refractivity contribution in [1.82, 2.24) is 4.90 Å². The molecule has 0 N–H and O–H groups in total. The molecule has 118 valence electrons. The molecule has 0 saturated carbocycles. The van der Waals surface area contributed by atoms with E-state index in [1.54, 1.807) is 0 Å². The van der Waals surface area contributed by atoms with Gasteiger partial charge in [0.1, 0.15) is 5.82 Å². The van der Waals surface area contributed by atoms with Crippen LogP contribution in [0.2, 0.25) is 0 Å². The summed E-state index contributed by atoms with van der Waals surface area (Å²) in [5.41, 5.74) is -2.01. The number of hydrogen-bond acceptors (Lipinski definition) is 1. The monoisotopic (exact) mass is 325 g/mol. The third kappa shape index (κ3) is 4.59. The lowest BCUT2D eigenvalue weighted by molar-refractivity contribution is -0.140. The molecule has 0 fully saturated rings. The largest absolute Gasteiger partial charge is 0.419 e. The van der Waals surface area contributed by atoms with Crippen molar-refractivity contribution in [3.05, 3.63) is 35.1 Å². The minimum atomic E-state index is -4.83. The number of carbonyl (C=O) groups is 1. The number of carbonyl (C=O) groups excluding carboxylic acids is 1. The molecule has 1 amide bonds. The summed E-state index contributed by atoms with van der Waals surface area (Å²) in [4.78, 5) is 13.5. The summed E-state index contributed by atoms with van der Waals surface area (Å²) in [7, 11) is 0. The van der Waals surface area contributed by atoms with Crippen molar-refractivity contribution in [3.63, 3.8) is 0 Å². The molecular formula is C14H16ClF4NO. The second-order valence-electron chi connectivity index (χ2n) is 4.50. The SMILES string of the molecule is CCCCN(CCCl)C(=O)c1cccc(C(F)(F)F)c1F. The molecule has 21 heavy (non-hydrogen) atoms. The van der Waals surface area contributed by atoms with Crippen LogP contribution < -0.4 is 0 Å². The second-order valence-corrected chi connectivity index (χ2v) is 4.88. The first kappa shape index (κ1) is 17.8. The lowest BCUT2D eigenvalue weighted by Crippen LogP contribution is -2.34. The fraction of sp³-hybridized carbons (Fsp3) is 0.500. The summed E-state index contributed by atoms with van der Waals surface area (Å²) >= 11 is 5.58. The molecule has 0 saturated heterocycles. The van der Waals surface area contributed by atoms with Crippen LogP contribution in [0.4, 0.5) is 17.6 Å². The number of nitrogens with zero attached hydrogens (tertiary/aromatic N) is 1. The number of rotatable bonds is 6. The van der Waals surface area contributed by atoms with Crippen molar-refractivity contribution in [2.45, 2.75) is 25.9 Å². The van der Waals surface area contributed by atoms with Crippen molar-refractivity contribution in [2.75, 3.05) is 19.0 Å². The molecule has 0 atom stereocenters. The number of benzene rings is 1. The Bertz CT molecular complexity index is 490. The highest BCUT2D eigenvalue weighted by Crippen LogP contribution is 2.32. The maximum absolute atomic E-state index is 13.9. The summed E-state index contributed by atoms with van der Waals surface area (Å²) in [6.45, 7) is 2.40. The Kier molecular flexibility index (Phi) is 6.45. The van der Waals surface area contributed by atoms with E-state index >= 15 is 0 Å². The van der Waals surface area contributed by atoms with Gasteiger partial charge in [0.2, 0.25) is 0 Å². The Morgan fingerprint density at radius 2 is 1.95 bits per heavy atom. The maximum atomic E-state index is 13.9. The number of amides is 1. The highest BCUT2D eigenvalue weighted by atomic mass is 35.5. The van der Waals surface area contributed by atoms with Gasteiger partial charge in [-0.05, 0) is 18.6 Å². The Balaban J connectivity index is 3.10. The lowest BCUT2D eigenvalue weighted by Gasteiger charge is -2.22. The second kappa shape index (κ2) is 7.64. The van der Waals surface area contributed by atoms with Gasteiger partial charge in [0.05, 0.1) is 11.1 Å². The fourth-order valence-electron chi connectivity index (χ4n) is 1.85. The molecule has 7 heteroatoms. The molecule has 0 heterocycles. The van der Waals surface area contributed by atoms with E-state index in [9.17, 15) is 22.4 Å². The summed E-state index contributed by atoms with van der Waals surface area (Å²) in [5.74, 6) is -2.17. The Morgan fingerprint density at radius 3 is 2.48 bits per heavy atom. The number of unbranched alkanes of at least 4 members (excludes halogenated alkanes) is 1. The zero-order valence-electron chi connectivity index (χ0n) is 11.5. The van der Waals surface area contributed by atoms with Crippen LogP contribution in [0.5, 0.6) is 0 Å². The Morgan fingerprint density at radius 1 is 1.29 bits per heavy atom. The molecule has 0 radical (unpaired) electrons. The number of hydrogen-bond donors (Lipinski definition) is 0. The van der Waals surface area contributed by atoms with Gasteiger partial charge in [-0.25, -0.2) is 4.39 Å². The molecule has 0 unspecified atom stereocenters. The van der Waals surface area contributed by atoms with E-state index in [0.717, 1.165) is 18.6 Å². The standard InChI is InChI=1S/C14H16ClF4NO/c1-2-3-8-20(9-7-15)13(21)10-5-4-6-11(12(10)16)14(17,18)19/h4-6H,2-3,7-9H2,1H3. The summed E-state index contributed by atoms with van der Waals surface area (Å²) in [6, 6.07) is 2.70. The molecular weight excluding hydrogens is 310 g/mol. The zero-order chi connectivity index (χ0) is 16.0. The van der Waals surface area contributed by atoms with Crippen molar-refractivity contribution in [1.29, 1.82) is 0 Å². The topological polar surface area (TPSA) is 20.3 Å². The van der Waals surface area contributed by atoms with Crippen molar-refractivity contribution < 1.29 is 22.4 Å². The van der Waals surface area contributed by atoms with Gasteiger partial charge in [-0.3, -0.25) is 4.79 Å². The molecule has 2 nitrogen and oxygen atoms in total. The normalized spacial score (nSPS) is 11.5. The predicted octanol–water partition coefficient (Wildman–Crippen LogP) is 4.33. The van der Waals surface area contributed by atoms with Crippen LogP contribution in [0.1, 0.15) is 35.7 Å². The van der Waals surface area contributed by atoms with Gasteiger partial charge in [-0.15, -0.1) is 11.6 Å². The minimum Gasteiger partial charge on any atom is -0.337 e. The summed E-state index contributed by atoms with van der Waals surface area (Å²) in [5, 5.41) is 0. The van der Waals surface area contributed by atoms with Crippen LogP contribution in [0.15, 0.2) is 18.2 Å². The molecule has 1 rings (SSSR count). The van der Waals surface area contributed by atoms with E-state index in [0.29, 0.717) is 19.0 Å². The van der Waals surface area contributed by atoms with Gasteiger partial charge < -0.3 is 4.90 Å². The smallest absolute Gasteiger partial charge is 0.337 e. The van der Waals surface area contributed by atoms with Gasteiger partial charge >= 0.3 is 6.18 Å². The average Bonchev–Trinajstić information content (AvgIpc) is 2.41.